The molecule has 0 bridgehead atoms. The molecule has 1 heterocycles. The van der Waals surface area contributed by atoms with E-state index in [1.165, 1.54) is 12.8 Å². The maximum absolute atomic E-state index is 13.4. The molecule has 8 heteroatoms. The minimum absolute atomic E-state index is 0.0192. The maximum atomic E-state index is 13.4. The number of carbonyl (C=O) groups is 3. The lowest BCUT2D eigenvalue weighted by atomic mass is 10.1. The highest BCUT2D eigenvalue weighted by molar-refractivity contribution is 5.98. The second kappa shape index (κ2) is 12.9. The first-order valence-corrected chi connectivity index (χ1v) is 15.3. The lowest BCUT2D eigenvalue weighted by Crippen LogP contribution is -2.39. The van der Waals surface area contributed by atoms with Crippen molar-refractivity contribution in [2.24, 2.45) is 5.92 Å². The number of nitrogens with one attached hydrogen (secondary N) is 1. The third kappa shape index (κ3) is 7.70. The molecule has 2 aliphatic rings. The van der Waals surface area contributed by atoms with Crippen LogP contribution in [0.1, 0.15) is 71.4 Å². The van der Waals surface area contributed by atoms with Gasteiger partial charge in [-0.25, -0.2) is 4.79 Å². The average Bonchev–Trinajstić information content (AvgIpc) is 3.87. The highest BCUT2D eigenvalue weighted by atomic mass is 16.7. The summed E-state index contributed by atoms with van der Waals surface area (Å²) in [4.78, 5) is 40.7. The third-order valence-electron chi connectivity index (χ3n) is 7.87. The van der Waals surface area contributed by atoms with Gasteiger partial charge in [0.2, 0.25) is 11.7 Å². The maximum Gasteiger partial charge on any atom is 0.345 e. The summed E-state index contributed by atoms with van der Waals surface area (Å²) in [5.74, 6) is 0.773. The van der Waals surface area contributed by atoms with Crippen LogP contribution < -0.4 is 19.7 Å². The van der Waals surface area contributed by atoms with Crippen LogP contribution in [0, 0.1) is 5.92 Å². The van der Waals surface area contributed by atoms with Gasteiger partial charge in [-0.1, -0.05) is 55.3 Å². The standard InChI is InChI=1S/C37H36N2O6/c1-37(2)44-33-20-17-29(22-32(33)36(42)45-37)39(34(40)21-14-25-8-9-25)24-27-10-15-28(16-11-27)35(41)38-23-26-12-18-31(19-13-26)43-30-6-4-3-5-7-30/h3-7,10-13,15-20,22,25H,8-9,14,21,23-24H2,1-2H3,(H,38,41). The number of para-hydroxylation sites is 1. The van der Waals surface area contributed by atoms with Crippen molar-refractivity contribution in [1.29, 1.82) is 0 Å². The first-order chi connectivity index (χ1) is 21.7. The molecule has 45 heavy (non-hydrogen) atoms. The molecular weight excluding hydrogens is 568 g/mol. The third-order valence-corrected chi connectivity index (χ3v) is 7.87. The van der Waals surface area contributed by atoms with Gasteiger partial charge in [-0.05, 0) is 78.1 Å². The number of cyclic esters (lactones) is 1. The van der Waals surface area contributed by atoms with Crippen molar-refractivity contribution in [2.75, 3.05) is 4.90 Å². The topological polar surface area (TPSA) is 94.2 Å². The first kappa shape index (κ1) is 29.9. The van der Waals surface area contributed by atoms with Crippen LogP contribution in [0.2, 0.25) is 0 Å². The van der Waals surface area contributed by atoms with E-state index in [0.29, 0.717) is 42.4 Å². The van der Waals surface area contributed by atoms with Crippen molar-refractivity contribution in [3.05, 3.63) is 119 Å². The van der Waals surface area contributed by atoms with Gasteiger partial charge in [0.15, 0.2) is 0 Å². The number of fused-ring (bicyclic) bond motifs is 1. The predicted molar refractivity (Wildman–Crippen MR) is 170 cm³/mol. The summed E-state index contributed by atoms with van der Waals surface area (Å²) >= 11 is 0. The summed E-state index contributed by atoms with van der Waals surface area (Å²) in [6, 6.07) is 29.5. The molecule has 0 saturated heterocycles. The van der Waals surface area contributed by atoms with E-state index < -0.39 is 11.8 Å². The Labute approximate surface area is 262 Å². The number of carbonyl (C=O) groups excluding carboxylic acids is 3. The second-order valence-corrected chi connectivity index (χ2v) is 12.0. The van der Waals surface area contributed by atoms with Crippen LogP contribution in [0.4, 0.5) is 5.69 Å². The van der Waals surface area contributed by atoms with E-state index in [1.54, 1.807) is 49.1 Å². The fraction of sp³-hybridized carbons (Fsp3) is 0.270. The number of amides is 2. The molecule has 1 aliphatic heterocycles. The van der Waals surface area contributed by atoms with Crippen molar-refractivity contribution >= 4 is 23.5 Å². The Morgan fingerprint density at radius 3 is 2.27 bits per heavy atom. The molecule has 0 spiro atoms. The van der Waals surface area contributed by atoms with Crippen LogP contribution in [0.5, 0.6) is 17.2 Å². The fourth-order valence-corrected chi connectivity index (χ4v) is 5.22. The van der Waals surface area contributed by atoms with Gasteiger partial charge < -0.3 is 24.4 Å². The van der Waals surface area contributed by atoms with Gasteiger partial charge in [0.25, 0.3) is 5.91 Å². The molecule has 1 aliphatic carbocycles. The van der Waals surface area contributed by atoms with Crippen molar-refractivity contribution in [1.82, 2.24) is 5.32 Å². The quantitative estimate of drug-likeness (QED) is 0.179. The minimum atomic E-state index is -1.05. The van der Waals surface area contributed by atoms with Crippen molar-refractivity contribution < 1.29 is 28.6 Å². The van der Waals surface area contributed by atoms with Gasteiger partial charge >= 0.3 is 5.97 Å². The van der Waals surface area contributed by atoms with Crippen LogP contribution in [0.3, 0.4) is 0 Å². The normalized spacial score (nSPS) is 14.8. The molecule has 0 atom stereocenters. The minimum Gasteiger partial charge on any atom is -0.457 e. The average molecular weight is 605 g/mol. The largest absolute Gasteiger partial charge is 0.457 e. The first-order valence-electron chi connectivity index (χ1n) is 15.3. The zero-order valence-corrected chi connectivity index (χ0v) is 25.5. The monoisotopic (exact) mass is 604 g/mol. The van der Waals surface area contributed by atoms with Crippen molar-refractivity contribution in [3.8, 4) is 17.2 Å². The highest BCUT2D eigenvalue weighted by Gasteiger charge is 2.34. The van der Waals surface area contributed by atoms with Gasteiger partial charge in [-0.15, -0.1) is 0 Å². The summed E-state index contributed by atoms with van der Waals surface area (Å²) in [5, 5.41) is 2.96. The van der Waals surface area contributed by atoms with Gasteiger partial charge in [0, 0.05) is 38.1 Å². The fourth-order valence-electron chi connectivity index (χ4n) is 5.22. The number of anilines is 1. The Morgan fingerprint density at radius 2 is 1.56 bits per heavy atom. The lowest BCUT2D eigenvalue weighted by Gasteiger charge is -2.32. The highest BCUT2D eigenvalue weighted by Crippen LogP contribution is 2.36. The molecule has 0 unspecified atom stereocenters. The molecule has 1 saturated carbocycles. The van der Waals surface area contributed by atoms with Gasteiger partial charge in [-0.3, -0.25) is 9.59 Å². The zero-order valence-electron chi connectivity index (χ0n) is 25.5. The van der Waals surface area contributed by atoms with E-state index in [9.17, 15) is 14.4 Å². The number of hydrogen-bond donors (Lipinski definition) is 1. The molecule has 1 fully saturated rings. The predicted octanol–water partition coefficient (Wildman–Crippen LogP) is 7.42. The number of rotatable bonds is 11. The van der Waals surface area contributed by atoms with Crippen LogP contribution in [-0.4, -0.2) is 23.6 Å². The van der Waals surface area contributed by atoms with Crippen LogP contribution in [0.15, 0.2) is 97.1 Å². The molecule has 1 N–H and O–H groups in total. The van der Waals surface area contributed by atoms with Crippen molar-refractivity contribution in [2.45, 2.75) is 58.4 Å². The van der Waals surface area contributed by atoms with E-state index >= 15 is 0 Å². The molecule has 0 radical (unpaired) electrons. The zero-order chi connectivity index (χ0) is 31.4. The van der Waals surface area contributed by atoms with E-state index in [0.717, 1.165) is 29.0 Å². The van der Waals surface area contributed by atoms with Gasteiger partial charge in [0.1, 0.15) is 22.8 Å². The van der Waals surface area contributed by atoms with Crippen LogP contribution >= 0.6 is 0 Å². The van der Waals surface area contributed by atoms with E-state index in [4.69, 9.17) is 14.2 Å². The molecule has 230 valence electrons. The van der Waals surface area contributed by atoms with Gasteiger partial charge in [0.05, 0.1) is 6.54 Å². The molecule has 8 nitrogen and oxygen atoms in total. The SMILES string of the molecule is CC1(C)OC(=O)c2cc(N(Cc3ccc(C(=O)NCc4ccc(Oc5ccccc5)cc4)cc3)C(=O)CCC3CC3)ccc2O1. The van der Waals surface area contributed by atoms with Crippen molar-refractivity contribution in [3.63, 3.8) is 0 Å². The van der Waals surface area contributed by atoms with E-state index in [-0.39, 0.29) is 17.4 Å². The Balaban J connectivity index is 1.10. The molecule has 2 amide bonds. The second-order valence-electron chi connectivity index (χ2n) is 12.0. The Bertz CT molecular complexity index is 1680. The summed E-state index contributed by atoms with van der Waals surface area (Å²) in [7, 11) is 0. The van der Waals surface area contributed by atoms with Crippen LogP contribution in [-0.2, 0) is 22.6 Å². The lowest BCUT2D eigenvalue weighted by molar-refractivity contribution is -0.127. The van der Waals surface area contributed by atoms with E-state index in [1.807, 2.05) is 66.7 Å². The molecule has 4 aromatic rings. The molecule has 4 aromatic carbocycles. The summed E-state index contributed by atoms with van der Waals surface area (Å²) in [6.45, 7) is 4.03. The Kier molecular flexibility index (Phi) is 8.56. The summed E-state index contributed by atoms with van der Waals surface area (Å²) < 4.78 is 17.0. The Hall–Kier alpha value is -5.11. The number of benzene rings is 4. The number of ether oxygens (including phenoxy) is 3. The molecule has 0 aromatic heterocycles. The Morgan fingerprint density at radius 1 is 0.867 bits per heavy atom. The number of hydrogen-bond acceptors (Lipinski definition) is 6. The molecule has 6 rings (SSSR count). The molecular formula is C37H36N2O6. The summed E-state index contributed by atoms with van der Waals surface area (Å²) in [6.07, 6.45) is 3.61. The van der Waals surface area contributed by atoms with E-state index in [2.05, 4.69) is 5.32 Å². The van der Waals surface area contributed by atoms with Gasteiger partial charge in [-0.2, -0.15) is 0 Å². The number of nitrogens with zero attached hydrogens (tertiary/aromatic N) is 1. The number of esters is 1. The smallest absolute Gasteiger partial charge is 0.345 e. The van der Waals surface area contributed by atoms with Crippen LogP contribution in [0.25, 0.3) is 0 Å². The summed E-state index contributed by atoms with van der Waals surface area (Å²) in [5.41, 5.74) is 3.21.